The summed E-state index contributed by atoms with van der Waals surface area (Å²) in [6, 6.07) is 8.19. The second-order valence-corrected chi connectivity index (χ2v) is 4.54. The minimum absolute atomic E-state index is 0.0206. The molecule has 0 amide bonds. The van der Waals surface area contributed by atoms with Crippen molar-refractivity contribution in [1.82, 2.24) is 20.0 Å². The Balaban J connectivity index is 2.14. The fourth-order valence-corrected chi connectivity index (χ4v) is 2.02. The van der Waals surface area contributed by atoms with Crippen molar-refractivity contribution in [3.05, 3.63) is 47.7 Å². The number of aromatic nitrogens is 4. The van der Waals surface area contributed by atoms with E-state index in [0.29, 0.717) is 22.2 Å². The third kappa shape index (κ3) is 2.06. The number of benzene rings is 1. The van der Waals surface area contributed by atoms with Gasteiger partial charge in [-0.2, -0.15) is 4.68 Å². The molecule has 3 aromatic rings. The van der Waals surface area contributed by atoms with Crippen molar-refractivity contribution in [1.29, 1.82) is 0 Å². The number of hydrogen-bond donors (Lipinski definition) is 2. The molecule has 6 nitrogen and oxygen atoms in total. The number of phenolic OH excluding ortho intramolecular Hbond substituents is 1. The summed E-state index contributed by atoms with van der Waals surface area (Å²) in [5.41, 5.74) is 7.74. The van der Waals surface area contributed by atoms with E-state index in [4.69, 9.17) is 17.3 Å². The van der Waals surface area contributed by atoms with Gasteiger partial charge in [0.15, 0.2) is 5.82 Å². The van der Waals surface area contributed by atoms with Crippen LogP contribution in [0.2, 0.25) is 5.02 Å². The highest BCUT2D eigenvalue weighted by Gasteiger charge is 2.15. The highest BCUT2D eigenvalue weighted by atomic mass is 35.5. The minimum Gasteiger partial charge on any atom is -0.506 e. The number of aromatic hydroxyl groups is 1. The summed E-state index contributed by atoms with van der Waals surface area (Å²) in [5, 5.41) is 18.4. The fraction of sp³-hybridized carbons (Fsp3) is 0. The average Bonchev–Trinajstić information content (AvgIpc) is 2.84. The summed E-state index contributed by atoms with van der Waals surface area (Å²) in [7, 11) is 0. The van der Waals surface area contributed by atoms with Crippen LogP contribution in [0.3, 0.4) is 0 Å². The van der Waals surface area contributed by atoms with E-state index in [1.807, 2.05) is 0 Å². The van der Waals surface area contributed by atoms with Gasteiger partial charge in [-0.25, -0.2) is 0 Å². The van der Waals surface area contributed by atoms with Crippen LogP contribution >= 0.6 is 11.6 Å². The van der Waals surface area contributed by atoms with E-state index in [-0.39, 0.29) is 5.75 Å². The van der Waals surface area contributed by atoms with Crippen LogP contribution in [-0.2, 0) is 0 Å². The maximum absolute atomic E-state index is 9.88. The number of halogens is 1. The molecule has 0 spiro atoms. The summed E-state index contributed by atoms with van der Waals surface area (Å²) in [6.45, 7) is 0. The Hall–Kier alpha value is -2.60. The Kier molecular flexibility index (Phi) is 3.00. The third-order valence-electron chi connectivity index (χ3n) is 2.82. The van der Waals surface area contributed by atoms with Gasteiger partial charge in [0.05, 0.1) is 0 Å². The third-order valence-corrected chi connectivity index (χ3v) is 3.06. The quantitative estimate of drug-likeness (QED) is 0.754. The predicted octanol–water partition coefficient (Wildman–Crippen LogP) is 2.27. The molecular formula is C13H10ClN5O. The number of anilines is 1. The molecule has 0 radical (unpaired) electrons. The van der Waals surface area contributed by atoms with Gasteiger partial charge in [0.1, 0.15) is 17.1 Å². The van der Waals surface area contributed by atoms with Gasteiger partial charge in [0.25, 0.3) is 0 Å². The zero-order valence-corrected chi connectivity index (χ0v) is 11.0. The maximum atomic E-state index is 9.88. The molecule has 0 bridgehead atoms. The SMILES string of the molecule is Nc1c(-c2ccncc2)nnn1-c1cc(Cl)ccc1O. The second kappa shape index (κ2) is 4.82. The van der Waals surface area contributed by atoms with Crippen LogP contribution in [0.25, 0.3) is 16.9 Å². The van der Waals surface area contributed by atoms with E-state index >= 15 is 0 Å². The van der Waals surface area contributed by atoms with E-state index in [2.05, 4.69) is 15.3 Å². The highest BCUT2D eigenvalue weighted by Crippen LogP contribution is 2.30. The molecule has 0 aliphatic carbocycles. The molecule has 2 heterocycles. The average molecular weight is 288 g/mol. The molecule has 3 N–H and O–H groups in total. The number of hydrogen-bond acceptors (Lipinski definition) is 5. The smallest absolute Gasteiger partial charge is 0.156 e. The van der Waals surface area contributed by atoms with Crippen molar-refractivity contribution >= 4 is 17.4 Å². The molecule has 0 unspecified atom stereocenters. The minimum atomic E-state index is 0.0206. The van der Waals surface area contributed by atoms with Crippen LogP contribution in [0.5, 0.6) is 5.75 Å². The Bertz CT molecular complexity index is 757. The molecule has 0 aliphatic rings. The lowest BCUT2D eigenvalue weighted by molar-refractivity contribution is 0.470. The lowest BCUT2D eigenvalue weighted by atomic mass is 10.2. The topological polar surface area (TPSA) is 89.9 Å². The van der Waals surface area contributed by atoms with E-state index < -0.39 is 0 Å². The van der Waals surface area contributed by atoms with Gasteiger partial charge in [0, 0.05) is 23.0 Å². The molecule has 0 saturated carbocycles. The van der Waals surface area contributed by atoms with Crippen LogP contribution in [0.1, 0.15) is 0 Å². The molecule has 0 saturated heterocycles. The number of nitrogens with zero attached hydrogens (tertiary/aromatic N) is 4. The molecular weight excluding hydrogens is 278 g/mol. The molecule has 0 atom stereocenters. The van der Waals surface area contributed by atoms with Crippen molar-refractivity contribution in [3.63, 3.8) is 0 Å². The first kappa shape index (κ1) is 12.4. The van der Waals surface area contributed by atoms with E-state index in [1.54, 1.807) is 36.7 Å². The first-order chi connectivity index (χ1) is 9.66. The normalized spacial score (nSPS) is 10.7. The van der Waals surface area contributed by atoms with Crippen LogP contribution in [0.15, 0.2) is 42.7 Å². The number of phenols is 1. The molecule has 100 valence electrons. The zero-order chi connectivity index (χ0) is 14.1. The van der Waals surface area contributed by atoms with Crippen molar-refractivity contribution in [2.45, 2.75) is 0 Å². The van der Waals surface area contributed by atoms with E-state index in [9.17, 15) is 5.11 Å². The molecule has 2 aromatic heterocycles. The van der Waals surface area contributed by atoms with Crippen molar-refractivity contribution in [3.8, 4) is 22.7 Å². The monoisotopic (exact) mass is 287 g/mol. The summed E-state index contributed by atoms with van der Waals surface area (Å²) in [5.74, 6) is 0.334. The van der Waals surface area contributed by atoms with Gasteiger partial charge in [-0.1, -0.05) is 16.8 Å². The van der Waals surface area contributed by atoms with Crippen molar-refractivity contribution < 1.29 is 5.11 Å². The highest BCUT2D eigenvalue weighted by molar-refractivity contribution is 6.30. The summed E-state index contributed by atoms with van der Waals surface area (Å²) < 4.78 is 1.34. The lowest BCUT2D eigenvalue weighted by Gasteiger charge is -2.06. The van der Waals surface area contributed by atoms with Gasteiger partial charge in [-0.05, 0) is 30.3 Å². The molecule has 20 heavy (non-hydrogen) atoms. The van der Waals surface area contributed by atoms with Gasteiger partial charge in [-0.15, -0.1) is 5.10 Å². The Morgan fingerprint density at radius 2 is 1.90 bits per heavy atom. The van der Waals surface area contributed by atoms with E-state index in [0.717, 1.165) is 5.56 Å². The summed E-state index contributed by atoms with van der Waals surface area (Å²) in [4.78, 5) is 3.94. The number of nitrogen functional groups attached to an aromatic ring is 1. The van der Waals surface area contributed by atoms with Crippen LogP contribution < -0.4 is 5.73 Å². The molecule has 0 fully saturated rings. The lowest BCUT2D eigenvalue weighted by Crippen LogP contribution is -2.02. The van der Waals surface area contributed by atoms with Crippen LogP contribution in [0, 0.1) is 0 Å². The first-order valence-electron chi connectivity index (χ1n) is 5.77. The number of nitrogens with two attached hydrogens (primary N) is 1. The Labute approximate surface area is 119 Å². The van der Waals surface area contributed by atoms with Crippen LogP contribution in [-0.4, -0.2) is 25.1 Å². The maximum Gasteiger partial charge on any atom is 0.156 e. The van der Waals surface area contributed by atoms with Crippen molar-refractivity contribution in [2.24, 2.45) is 0 Å². The molecule has 7 heteroatoms. The fourth-order valence-electron chi connectivity index (χ4n) is 1.85. The number of rotatable bonds is 2. The first-order valence-corrected chi connectivity index (χ1v) is 6.15. The number of pyridine rings is 1. The zero-order valence-electron chi connectivity index (χ0n) is 10.2. The second-order valence-electron chi connectivity index (χ2n) is 4.10. The molecule has 3 rings (SSSR count). The Morgan fingerprint density at radius 1 is 1.15 bits per heavy atom. The standard InChI is InChI=1S/C13H10ClN5O/c14-9-1-2-11(20)10(7-9)19-13(15)12(17-18-19)8-3-5-16-6-4-8/h1-7,20H,15H2. The van der Waals surface area contributed by atoms with Gasteiger partial charge < -0.3 is 10.8 Å². The predicted molar refractivity (Wildman–Crippen MR) is 75.7 cm³/mol. The molecule has 0 aliphatic heterocycles. The molecule has 1 aromatic carbocycles. The van der Waals surface area contributed by atoms with Gasteiger partial charge in [-0.3, -0.25) is 4.98 Å². The van der Waals surface area contributed by atoms with E-state index in [1.165, 1.54) is 10.7 Å². The Morgan fingerprint density at radius 3 is 2.65 bits per heavy atom. The van der Waals surface area contributed by atoms with Gasteiger partial charge in [0.2, 0.25) is 0 Å². The largest absolute Gasteiger partial charge is 0.506 e. The van der Waals surface area contributed by atoms with Crippen molar-refractivity contribution in [2.75, 3.05) is 5.73 Å². The summed E-state index contributed by atoms with van der Waals surface area (Å²) >= 11 is 5.92. The summed E-state index contributed by atoms with van der Waals surface area (Å²) in [6.07, 6.45) is 3.29. The van der Waals surface area contributed by atoms with Crippen LogP contribution in [0.4, 0.5) is 5.82 Å². The van der Waals surface area contributed by atoms with Gasteiger partial charge >= 0.3 is 0 Å².